The highest BCUT2D eigenvalue weighted by molar-refractivity contribution is 5.80. The molecule has 10 heteroatoms. The number of benzene rings is 1. The highest BCUT2D eigenvalue weighted by atomic mass is 19.4. The largest absolute Gasteiger partial charge is 0.389 e. The molecule has 3 heterocycles. The predicted molar refractivity (Wildman–Crippen MR) is 111 cm³/mol. The topological polar surface area (TPSA) is 93.4 Å². The maximum absolute atomic E-state index is 13.2. The number of rotatable bonds is 5. The van der Waals surface area contributed by atoms with Crippen LogP contribution in [0.4, 0.5) is 23.4 Å². The molecule has 0 aliphatic heterocycles. The van der Waals surface area contributed by atoms with Crippen molar-refractivity contribution in [2.75, 3.05) is 5.73 Å². The van der Waals surface area contributed by atoms with E-state index in [0.29, 0.717) is 35.3 Å². The van der Waals surface area contributed by atoms with Crippen molar-refractivity contribution in [3.05, 3.63) is 54.0 Å². The van der Waals surface area contributed by atoms with Crippen molar-refractivity contribution in [3.8, 4) is 0 Å². The minimum atomic E-state index is -4.10. The van der Waals surface area contributed by atoms with Crippen LogP contribution in [0, 0.1) is 5.82 Å². The van der Waals surface area contributed by atoms with Crippen molar-refractivity contribution >= 4 is 27.9 Å². The third kappa shape index (κ3) is 6.09. The SMILES string of the molecule is CCc1cc2ccc(F)cc2nc1CCCCC(F)(F)F.Nc1ncnc2nc[nH]c12. The first-order chi connectivity index (χ1) is 14.8. The van der Waals surface area contributed by atoms with Gasteiger partial charge in [0.15, 0.2) is 11.5 Å². The number of hydrogen-bond donors (Lipinski definition) is 2. The number of H-pyrrole nitrogens is 1. The standard InChI is InChI=1S/C16H17F4N.C5H5N5/c1-2-11-9-12-6-7-13(17)10-15(12)21-14(11)5-3-4-8-16(18,19)20;6-4-3-5(9-1-7-3)10-2-8-4/h6-7,9-10H,2-5,8H2,1H3;1-2H,(H3,6,7,8,9,10). The molecule has 3 N–H and O–H groups in total. The van der Waals surface area contributed by atoms with Gasteiger partial charge in [0.25, 0.3) is 0 Å². The van der Waals surface area contributed by atoms with Crippen LogP contribution in [0.1, 0.15) is 37.4 Å². The Morgan fingerprint density at radius 1 is 1.06 bits per heavy atom. The third-order valence-corrected chi connectivity index (χ3v) is 4.71. The van der Waals surface area contributed by atoms with Crippen LogP contribution in [0.25, 0.3) is 22.1 Å². The molecule has 0 aliphatic rings. The number of hydrogen-bond acceptors (Lipinski definition) is 5. The molecular formula is C21H22F4N6. The number of fused-ring (bicyclic) bond motifs is 2. The van der Waals surface area contributed by atoms with Crippen molar-refractivity contribution in [1.82, 2.24) is 24.9 Å². The van der Waals surface area contributed by atoms with Crippen molar-refractivity contribution in [2.45, 2.75) is 45.2 Å². The van der Waals surface area contributed by atoms with Gasteiger partial charge >= 0.3 is 6.18 Å². The Morgan fingerprint density at radius 3 is 2.58 bits per heavy atom. The molecule has 0 fully saturated rings. The van der Waals surface area contributed by atoms with Gasteiger partial charge in [0.2, 0.25) is 0 Å². The van der Waals surface area contributed by atoms with Gasteiger partial charge in [-0.3, -0.25) is 4.98 Å². The first-order valence-corrected chi connectivity index (χ1v) is 9.81. The lowest BCUT2D eigenvalue weighted by Gasteiger charge is -2.10. The van der Waals surface area contributed by atoms with Crippen LogP contribution in [-0.4, -0.2) is 31.1 Å². The Balaban J connectivity index is 0.000000225. The molecule has 6 nitrogen and oxygen atoms in total. The number of halogens is 4. The molecule has 0 radical (unpaired) electrons. The van der Waals surface area contributed by atoms with E-state index in [1.165, 1.54) is 24.8 Å². The molecule has 4 rings (SSSR count). The molecule has 3 aromatic heterocycles. The van der Waals surface area contributed by atoms with E-state index in [0.717, 1.165) is 23.1 Å². The van der Waals surface area contributed by atoms with Crippen molar-refractivity contribution in [1.29, 1.82) is 0 Å². The minimum absolute atomic E-state index is 0.0928. The first kappa shape index (κ1) is 22.4. The van der Waals surface area contributed by atoms with E-state index >= 15 is 0 Å². The monoisotopic (exact) mass is 434 g/mol. The fraction of sp³-hybridized carbons (Fsp3) is 0.333. The summed E-state index contributed by atoms with van der Waals surface area (Å²) in [6.07, 6.45) is -0.172. The molecule has 31 heavy (non-hydrogen) atoms. The number of aromatic nitrogens is 5. The third-order valence-electron chi connectivity index (χ3n) is 4.71. The fourth-order valence-electron chi connectivity index (χ4n) is 3.15. The average molecular weight is 434 g/mol. The Bertz CT molecular complexity index is 1160. The molecule has 164 valence electrons. The number of nitrogens with zero attached hydrogens (tertiary/aromatic N) is 4. The summed E-state index contributed by atoms with van der Waals surface area (Å²) in [5.74, 6) is 0.0739. The number of nitrogens with two attached hydrogens (primary N) is 1. The van der Waals surface area contributed by atoms with Crippen LogP contribution in [0.15, 0.2) is 36.9 Å². The molecule has 0 aliphatic carbocycles. The lowest BCUT2D eigenvalue weighted by molar-refractivity contribution is -0.135. The van der Waals surface area contributed by atoms with E-state index < -0.39 is 12.6 Å². The van der Waals surface area contributed by atoms with Gasteiger partial charge in [-0.1, -0.05) is 6.92 Å². The Labute approximate surface area is 176 Å². The molecule has 0 amide bonds. The van der Waals surface area contributed by atoms with Gasteiger partial charge in [-0.05, 0) is 49.4 Å². The molecule has 0 spiro atoms. The van der Waals surface area contributed by atoms with E-state index in [4.69, 9.17) is 5.73 Å². The zero-order chi connectivity index (χ0) is 22.4. The zero-order valence-corrected chi connectivity index (χ0v) is 16.9. The van der Waals surface area contributed by atoms with Crippen LogP contribution in [0.2, 0.25) is 0 Å². The van der Waals surface area contributed by atoms with Gasteiger partial charge in [-0.2, -0.15) is 13.2 Å². The van der Waals surface area contributed by atoms with E-state index in [-0.39, 0.29) is 12.2 Å². The summed E-state index contributed by atoms with van der Waals surface area (Å²) in [6.45, 7) is 1.98. The molecule has 0 saturated heterocycles. The average Bonchev–Trinajstić information content (AvgIpc) is 3.21. The van der Waals surface area contributed by atoms with E-state index in [1.807, 2.05) is 13.0 Å². The van der Waals surface area contributed by atoms with Crippen LogP contribution >= 0.6 is 0 Å². The lowest BCUT2D eigenvalue weighted by Crippen LogP contribution is -2.07. The highest BCUT2D eigenvalue weighted by Gasteiger charge is 2.25. The van der Waals surface area contributed by atoms with E-state index in [9.17, 15) is 17.6 Å². The summed E-state index contributed by atoms with van der Waals surface area (Å²) < 4.78 is 49.6. The van der Waals surface area contributed by atoms with Gasteiger partial charge in [-0.15, -0.1) is 0 Å². The van der Waals surface area contributed by atoms with Gasteiger partial charge in [0.1, 0.15) is 17.7 Å². The molecule has 0 bridgehead atoms. The first-order valence-electron chi connectivity index (χ1n) is 9.81. The maximum atomic E-state index is 13.2. The molecule has 0 unspecified atom stereocenters. The quantitative estimate of drug-likeness (QED) is 0.335. The maximum Gasteiger partial charge on any atom is 0.389 e. The normalized spacial score (nSPS) is 11.5. The second kappa shape index (κ2) is 9.67. The van der Waals surface area contributed by atoms with Gasteiger partial charge < -0.3 is 10.7 Å². The lowest BCUT2D eigenvalue weighted by atomic mass is 10.0. The summed E-state index contributed by atoms with van der Waals surface area (Å²) in [7, 11) is 0. The van der Waals surface area contributed by atoms with Crippen LogP contribution in [0.5, 0.6) is 0 Å². The smallest absolute Gasteiger partial charge is 0.382 e. The number of imidazole rings is 1. The summed E-state index contributed by atoms with van der Waals surface area (Å²) in [6, 6.07) is 6.35. The number of nitrogen functional groups attached to an aromatic ring is 1. The summed E-state index contributed by atoms with van der Waals surface area (Å²) in [4.78, 5) is 18.8. The Kier molecular flexibility index (Phi) is 6.98. The fourth-order valence-corrected chi connectivity index (χ4v) is 3.15. The number of aryl methyl sites for hydroxylation is 2. The number of aromatic amines is 1. The van der Waals surface area contributed by atoms with Crippen LogP contribution < -0.4 is 5.73 Å². The van der Waals surface area contributed by atoms with Gasteiger partial charge in [0, 0.05) is 23.6 Å². The predicted octanol–water partition coefficient (Wildman–Crippen LogP) is 5.15. The number of pyridine rings is 1. The highest BCUT2D eigenvalue weighted by Crippen LogP contribution is 2.24. The summed E-state index contributed by atoms with van der Waals surface area (Å²) >= 11 is 0. The van der Waals surface area contributed by atoms with E-state index in [2.05, 4.69) is 24.9 Å². The van der Waals surface area contributed by atoms with Crippen molar-refractivity contribution in [2.24, 2.45) is 0 Å². The van der Waals surface area contributed by atoms with Crippen LogP contribution in [-0.2, 0) is 12.8 Å². The van der Waals surface area contributed by atoms with Crippen LogP contribution in [0.3, 0.4) is 0 Å². The summed E-state index contributed by atoms with van der Waals surface area (Å²) in [5, 5.41) is 0.854. The van der Waals surface area contributed by atoms with Gasteiger partial charge in [-0.25, -0.2) is 19.3 Å². The van der Waals surface area contributed by atoms with Gasteiger partial charge in [0.05, 0.1) is 11.8 Å². The zero-order valence-electron chi connectivity index (χ0n) is 16.9. The number of alkyl halides is 3. The second-order valence-corrected chi connectivity index (χ2v) is 6.97. The number of nitrogens with one attached hydrogen (secondary N) is 1. The summed E-state index contributed by atoms with van der Waals surface area (Å²) in [5.41, 5.74) is 9.12. The molecular weight excluding hydrogens is 412 g/mol. The van der Waals surface area contributed by atoms with E-state index in [1.54, 1.807) is 6.07 Å². The molecule has 0 saturated carbocycles. The van der Waals surface area contributed by atoms with Crippen molar-refractivity contribution in [3.63, 3.8) is 0 Å². The van der Waals surface area contributed by atoms with Crippen molar-refractivity contribution < 1.29 is 17.6 Å². The second-order valence-electron chi connectivity index (χ2n) is 6.97. The Hall–Kier alpha value is -3.30. The molecule has 1 aromatic carbocycles. The Morgan fingerprint density at radius 2 is 1.87 bits per heavy atom. The minimum Gasteiger partial charge on any atom is -0.382 e. The number of anilines is 1. The number of unbranched alkanes of at least 4 members (excludes halogenated alkanes) is 1. The molecule has 4 aromatic rings. The molecule has 0 atom stereocenters.